The van der Waals surface area contributed by atoms with Gasteiger partial charge in [0.25, 0.3) is 5.56 Å². The number of benzene rings is 1. The van der Waals surface area contributed by atoms with Gasteiger partial charge in [-0.3, -0.25) is 19.1 Å². The Labute approximate surface area is 194 Å². The second kappa shape index (κ2) is 8.47. The number of fused-ring (bicyclic) bond motifs is 1. The van der Waals surface area contributed by atoms with E-state index in [-0.39, 0.29) is 27.6 Å². The first-order valence-electron chi connectivity index (χ1n) is 10.5. The summed E-state index contributed by atoms with van der Waals surface area (Å²) in [6.07, 6.45) is 3.83. The van der Waals surface area contributed by atoms with Crippen LogP contribution in [0.4, 0.5) is 4.79 Å². The molecule has 2 aromatic heterocycles. The fourth-order valence-corrected chi connectivity index (χ4v) is 3.86. The van der Waals surface area contributed by atoms with Gasteiger partial charge in [0.15, 0.2) is 0 Å². The Morgan fingerprint density at radius 1 is 1.27 bits per heavy atom. The summed E-state index contributed by atoms with van der Waals surface area (Å²) in [5, 5.41) is 3.34. The number of hydrogen-bond donors (Lipinski definition) is 2. The molecule has 2 heterocycles. The third kappa shape index (κ3) is 4.83. The molecule has 1 aromatic carbocycles. The highest BCUT2D eigenvalue weighted by molar-refractivity contribution is 6.35. The van der Waals surface area contributed by atoms with Crippen molar-refractivity contribution in [2.24, 2.45) is 11.7 Å². The van der Waals surface area contributed by atoms with Crippen molar-refractivity contribution in [1.82, 2.24) is 19.9 Å². The lowest BCUT2D eigenvalue weighted by atomic mass is 10.1. The predicted molar refractivity (Wildman–Crippen MR) is 123 cm³/mol. The Bertz CT molecular complexity index is 1310. The normalized spacial score (nSPS) is 14.7. The zero-order chi connectivity index (χ0) is 23.9. The summed E-state index contributed by atoms with van der Waals surface area (Å²) in [6.45, 7) is 5.31. The second-order valence-electron chi connectivity index (χ2n) is 9.00. The van der Waals surface area contributed by atoms with Gasteiger partial charge in [-0.05, 0) is 57.7 Å². The van der Waals surface area contributed by atoms with Gasteiger partial charge in [0.05, 0.1) is 39.4 Å². The summed E-state index contributed by atoms with van der Waals surface area (Å²) < 4.78 is 6.77. The number of hydrogen-bond acceptors (Lipinski definition) is 6. The molecule has 10 heteroatoms. The summed E-state index contributed by atoms with van der Waals surface area (Å²) in [4.78, 5) is 46.8. The quantitative estimate of drug-likeness (QED) is 0.588. The zero-order valence-corrected chi connectivity index (χ0v) is 19.2. The van der Waals surface area contributed by atoms with Gasteiger partial charge in [-0.25, -0.2) is 9.78 Å². The van der Waals surface area contributed by atoms with E-state index >= 15 is 0 Å². The molecule has 172 valence electrons. The maximum absolute atomic E-state index is 13.7. The van der Waals surface area contributed by atoms with Crippen LogP contribution in [-0.4, -0.2) is 32.1 Å². The molecule has 0 bridgehead atoms. The van der Waals surface area contributed by atoms with Crippen molar-refractivity contribution in [3.05, 3.63) is 63.4 Å². The number of amides is 2. The lowest BCUT2D eigenvalue weighted by molar-refractivity contribution is 0.0493. The fraction of sp³-hybridized carbons (Fsp3) is 0.348. The van der Waals surface area contributed by atoms with E-state index in [4.69, 9.17) is 27.1 Å². The molecule has 33 heavy (non-hydrogen) atoms. The topological polar surface area (TPSA) is 129 Å². The lowest BCUT2D eigenvalue weighted by Crippen LogP contribution is -2.39. The number of carbonyl (C=O) groups is 2. The molecule has 1 atom stereocenters. The van der Waals surface area contributed by atoms with E-state index < -0.39 is 29.2 Å². The van der Waals surface area contributed by atoms with E-state index in [1.54, 1.807) is 39.0 Å². The third-order valence-corrected chi connectivity index (χ3v) is 5.50. The average Bonchev–Trinajstić information content (AvgIpc) is 3.56. The Balaban J connectivity index is 1.94. The first-order valence-corrected chi connectivity index (χ1v) is 10.9. The van der Waals surface area contributed by atoms with E-state index in [1.165, 1.54) is 23.0 Å². The maximum Gasteiger partial charge on any atom is 0.408 e. The third-order valence-electron chi connectivity index (χ3n) is 5.18. The molecule has 0 saturated heterocycles. The molecule has 3 N–H and O–H groups in total. The molecule has 4 rings (SSSR count). The van der Waals surface area contributed by atoms with E-state index in [0.717, 1.165) is 12.8 Å². The minimum atomic E-state index is -0.693. The number of alkyl carbamates (subject to hydrolysis) is 1. The van der Waals surface area contributed by atoms with Gasteiger partial charge < -0.3 is 15.8 Å². The zero-order valence-electron chi connectivity index (χ0n) is 18.5. The molecule has 1 unspecified atom stereocenters. The molecule has 1 aliphatic rings. The van der Waals surface area contributed by atoms with Crippen molar-refractivity contribution in [3.8, 4) is 5.69 Å². The van der Waals surface area contributed by atoms with Gasteiger partial charge in [-0.15, -0.1) is 0 Å². The summed E-state index contributed by atoms with van der Waals surface area (Å²) >= 11 is 6.33. The fourth-order valence-electron chi connectivity index (χ4n) is 3.61. The molecular formula is C23H24ClN5O4. The van der Waals surface area contributed by atoms with Gasteiger partial charge in [-0.1, -0.05) is 17.7 Å². The molecule has 3 aromatic rings. The first kappa shape index (κ1) is 22.7. The highest BCUT2D eigenvalue weighted by atomic mass is 35.5. The molecule has 1 fully saturated rings. The van der Waals surface area contributed by atoms with Gasteiger partial charge in [0.1, 0.15) is 11.4 Å². The van der Waals surface area contributed by atoms with Crippen molar-refractivity contribution >= 4 is 34.5 Å². The summed E-state index contributed by atoms with van der Waals surface area (Å²) in [7, 11) is 0. The van der Waals surface area contributed by atoms with E-state index in [9.17, 15) is 14.4 Å². The van der Waals surface area contributed by atoms with Crippen LogP contribution in [0.3, 0.4) is 0 Å². The van der Waals surface area contributed by atoms with Crippen LogP contribution in [0, 0.1) is 5.92 Å². The molecule has 1 aliphatic carbocycles. The molecule has 0 spiro atoms. The van der Waals surface area contributed by atoms with Crippen LogP contribution in [-0.2, 0) is 4.74 Å². The number of pyridine rings is 1. The molecular weight excluding hydrogens is 446 g/mol. The van der Waals surface area contributed by atoms with Gasteiger partial charge in [0, 0.05) is 6.20 Å². The number of carbonyl (C=O) groups excluding carboxylic acids is 2. The van der Waals surface area contributed by atoms with Crippen LogP contribution in [0.5, 0.6) is 0 Å². The van der Waals surface area contributed by atoms with Crippen LogP contribution in [0.15, 0.2) is 41.5 Å². The standard InChI is InChI=1S/C23H24ClN5O4/c1-23(2,3)33-22(32)28-18(12-7-8-12)20-27-16-6-4-5-15(24)17(16)21(31)29(20)14-9-13(19(25)30)10-26-11-14/h4-6,9-12,18H,7-8H2,1-3H3,(H2,25,30)(H,28,32). The summed E-state index contributed by atoms with van der Waals surface area (Å²) in [5.74, 6) is -0.317. The number of halogens is 1. The predicted octanol–water partition coefficient (Wildman–Crippen LogP) is 3.51. The van der Waals surface area contributed by atoms with E-state index in [1.807, 2.05) is 0 Å². The van der Waals surface area contributed by atoms with Crippen molar-refractivity contribution in [1.29, 1.82) is 0 Å². The Morgan fingerprint density at radius 3 is 2.64 bits per heavy atom. The number of ether oxygens (including phenoxy) is 1. The van der Waals surface area contributed by atoms with Crippen molar-refractivity contribution < 1.29 is 14.3 Å². The Kier molecular flexibility index (Phi) is 5.84. The highest BCUT2D eigenvalue weighted by Crippen LogP contribution is 2.41. The molecule has 0 radical (unpaired) electrons. The maximum atomic E-state index is 13.7. The molecule has 1 saturated carbocycles. The van der Waals surface area contributed by atoms with Crippen LogP contribution in [0.25, 0.3) is 16.6 Å². The minimum absolute atomic E-state index is 0.0691. The van der Waals surface area contributed by atoms with Crippen LogP contribution < -0.4 is 16.6 Å². The smallest absolute Gasteiger partial charge is 0.408 e. The first-order chi connectivity index (χ1) is 15.5. The summed E-state index contributed by atoms with van der Waals surface area (Å²) in [6, 6.07) is 5.85. The number of primary amides is 1. The highest BCUT2D eigenvalue weighted by Gasteiger charge is 2.38. The molecule has 9 nitrogen and oxygen atoms in total. The van der Waals surface area contributed by atoms with Crippen molar-refractivity contribution in [2.75, 3.05) is 0 Å². The largest absolute Gasteiger partial charge is 0.444 e. The number of nitrogens with one attached hydrogen (secondary N) is 1. The van der Waals surface area contributed by atoms with E-state index in [0.29, 0.717) is 11.3 Å². The lowest BCUT2D eigenvalue weighted by Gasteiger charge is -2.25. The van der Waals surface area contributed by atoms with Crippen molar-refractivity contribution in [3.63, 3.8) is 0 Å². The van der Waals surface area contributed by atoms with Crippen LogP contribution in [0.1, 0.15) is 55.8 Å². The number of nitrogens with zero attached hydrogens (tertiary/aromatic N) is 3. The monoisotopic (exact) mass is 469 g/mol. The number of aromatic nitrogens is 3. The molecule has 0 aliphatic heterocycles. The molecule has 2 amide bonds. The Hall–Kier alpha value is -3.46. The van der Waals surface area contributed by atoms with Gasteiger partial charge in [-0.2, -0.15) is 0 Å². The number of nitrogens with two attached hydrogens (primary N) is 1. The number of rotatable bonds is 5. The minimum Gasteiger partial charge on any atom is -0.444 e. The van der Waals surface area contributed by atoms with Crippen LogP contribution in [0.2, 0.25) is 5.02 Å². The van der Waals surface area contributed by atoms with Crippen molar-refractivity contribution in [2.45, 2.75) is 45.3 Å². The van der Waals surface area contributed by atoms with Crippen LogP contribution >= 0.6 is 11.6 Å². The van der Waals surface area contributed by atoms with Gasteiger partial charge >= 0.3 is 6.09 Å². The Morgan fingerprint density at radius 2 is 2.00 bits per heavy atom. The van der Waals surface area contributed by atoms with E-state index in [2.05, 4.69) is 10.3 Å². The second-order valence-corrected chi connectivity index (χ2v) is 9.41. The SMILES string of the molecule is CC(C)(C)OC(=O)NC(c1nc2cccc(Cl)c2c(=O)n1-c1cncc(C(N)=O)c1)C1CC1. The van der Waals surface area contributed by atoms with Gasteiger partial charge in [0.2, 0.25) is 5.91 Å². The average molecular weight is 470 g/mol. The summed E-state index contributed by atoms with van der Waals surface area (Å²) in [5.41, 5.74) is 5.10.